The number of amides is 5. The van der Waals surface area contributed by atoms with E-state index in [-0.39, 0.29) is 38.3 Å². The maximum atomic E-state index is 12.8. The number of aliphatic hydroxyl groups is 1. The molecule has 0 heterocycles. The van der Waals surface area contributed by atoms with E-state index in [0.717, 1.165) is 0 Å². The first-order chi connectivity index (χ1) is 16.3. The van der Waals surface area contributed by atoms with Gasteiger partial charge in [0.05, 0.1) is 19.2 Å². The van der Waals surface area contributed by atoms with Crippen LogP contribution in [0, 0.1) is 5.92 Å². The summed E-state index contributed by atoms with van der Waals surface area (Å²) in [7, 11) is 0. The Morgan fingerprint density at radius 3 is 2.06 bits per heavy atom. The molecule has 0 aromatic rings. The van der Waals surface area contributed by atoms with Crippen LogP contribution in [-0.2, 0) is 28.8 Å². The normalized spacial score (nSPS) is 13.3. The zero-order chi connectivity index (χ0) is 27.0. The van der Waals surface area contributed by atoms with Gasteiger partial charge in [-0.3, -0.25) is 28.8 Å². The molecule has 0 fully saturated rings. The molecule has 35 heavy (non-hydrogen) atoms. The van der Waals surface area contributed by atoms with Crippen LogP contribution in [0.15, 0.2) is 0 Å². The number of carbonyl (C=O) groups excluding carboxylic acids is 5. The Morgan fingerprint density at radius 2 is 1.51 bits per heavy atom. The van der Waals surface area contributed by atoms with E-state index in [2.05, 4.69) is 26.6 Å². The van der Waals surface area contributed by atoms with E-state index in [0.29, 0.717) is 6.42 Å². The van der Waals surface area contributed by atoms with Crippen LogP contribution in [0.2, 0.25) is 0 Å². The van der Waals surface area contributed by atoms with Crippen LogP contribution in [0.3, 0.4) is 0 Å². The first-order valence-corrected chi connectivity index (χ1v) is 11.4. The highest BCUT2D eigenvalue weighted by atomic mass is 16.4. The fraction of sp³-hybridized carbons (Fsp3) is 0.714. The summed E-state index contributed by atoms with van der Waals surface area (Å²) >= 11 is 0. The monoisotopic (exact) mass is 502 g/mol. The van der Waals surface area contributed by atoms with Crippen LogP contribution < -0.4 is 32.3 Å². The number of carbonyl (C=O) groups is 6. The van der Waals surface area contributed by atoms with Crippen LogP contribution in [0.5, 0.6) is 0 Å². The summed E-state index contributed by atoms with van der Waals surface area (Å²) in [6.07, 6.45) is -0.257. The highest BCUT2D eigenvalue weighted by Gasteiger charge is 2.28. The molecule has 14 nitrogen and oxygen atoms in total. The highest BCUT2D eigenvalue weighted by Crippen LogP contribution is 2.07. The van der Waals surface area contributed by atoms with Crippen LogP contribution >= 0.6 is 0 Å². The van der Waals surface area contributed by atoms with Crippen molar-refractivity contribution in [3.05, 3.63) is 0 Å². The number of aliphatic carboxylic acids is 1. The number of nitrogens with two attached hydrogens (primary N) is 1. The molecule has 0 aromatic carbocycles. The maximum absolute atomic E-state index is 12.8. The maximum Gasteiger partial charge on any atom is 0.322 e. The van der Waals surface area contributed by atoms with E-state index in [1.807, 2.05) is 0 Å². The fourth-order valence-corrected chi connectivity index (χ4v) is 2.80. The average molecular weight is 503 g/mol. The summed E-state index contributed by atoms with van der Waals surface area (Å²) in [5.41, 5.74) is 5.15. The summed E-state index contributed by atoms with van der Waals surface area (Å²) in [5, 5.41) is 30.4. The van der Waals surface area contributed by atoms with Crippen molar-refractivity contribution in [1.29, 1.82) is 0 Å². The quantitative estimate of drug-likeness (QED) is 0.0950. The van der Waals surface area contributed by atoms with E-state index in [1.54, 1.807) is 20.8 Å². The van der Waals surface area contributed by atoms with Crippen LogP contribution in [0.25, 0.3) is 0 Å². The first-order valence-electron chi connectivity index (χ1n) is 11.4. The minimum atomic E-state index is -1.25. The van der Waals surface area contributed by atoms with Gasteiger partial charge in [0, 0.05) is 13.0 Å². The summed E-state index contributed by atoms with van der Waals surface area (Å²) in [4.78, 5) is 71.2. The van der Waals surface area contributed by atoms with E-state index in [9.17, 15) is 33.9 Å². The molecule has 0 saturated carbocycles. The van der Waals surface area contributed by atoms with E-state index < -0.39 is 66.8 Å². The number of nitrogens with one attached hydrogen (secondary N) is 5. The molecule has 0 aliphatic heterocycles. The second kappa shape index (κ2) is 17.2. The number of hydrogen-bond donors (Lipinski definition) is 8. The molecule has 0 rings (SSSR count). The van der Waals surface area contributed by atoms with Gasteiger partial charge >= 0.3 is 5.97 Å². The molecule has 0 radical (unpaired) electrons. The Labute approximate surface area is 204 Å². The lowest BCUT2D eigenvalue weighted by Gasteiger charge is -2.24. The summed E-state index contributed by atoms with van der Waals surface area (Å²) < 4.78 is 0. The summed E-state index contributed by atoms with van der Waals surface area (Å²) in [6, 6.07) is -2.30. The molecule has 200 valence electrons. The molecule has 0 aliphatic carbocycles. The predicted molar refractivity (Wildman–Crippen MR) is 125 cm³/mol. The third-order valence-corrected chi connectivity index (χ3v) is 4.67. The van der Waals surface area contributed by atoms with Gasteiger partial charge < -0.3 is 42.5 Å². The molecule has 14 heteroatoms. The van der Waals surface area contributed by atoms with Gasteiger partial charge in [-0.05, 0) is 25.2 Å². The van der Waals surface area contributed by atoms with Gasteiger partial charge in [0.1, 0.15) is 18.6 Å². The Bertz CT molecular complexity index is 745. The van der Waals surface area contributed by atoms with Crippen molar-refractivity contribution in [3.8, 4) is 0 Å². The molecule has 9 N–H and O–H groups in total. The fourth-order valence-electron chi connectivity index (χ4n) is 2.80. The van der Waals surface area contributed by atoms with E-state index in [4.69, 9.17) is 10.8 Å². The largest absolute Gasteiger partial charge is 0.480 e. The number of carboxylic acids is 1. The van der Waals surface area contributed by atoms with Crippen molar-refractivity contribution < 1.29 is 39.0 Å². The third kappa shape index (κ3) is 16.1. The second-order valence-electron chi connectivity index (χ2n) is 8.40. The number of primary amides is 1. The standard InChI is InChI=1S/C21H38N6O8/c1-4-13(28)8-23-9-17(30)24-10-18(31)26-14(5-6-16(22)29)21(35)27-15(7-12(2)3)20(34)25-11-19(32)33/h12-15,23,28H,4-11H2,1-3H3,(H2,22,29)(H,24,30)(H,25,34)(H,26,31)(H,27,35)(H,32,33)/t13-,14-,15-/m0/s1. The van der Waals surface area contributed by atoms with Crippen molar-refractivity contribution in [2.45, 2.75) is 64.6 Å². The molecule has 5 amide bonds. The Balaban J connectivity index is 5.03. The van der Waals surface area contributed by atoms with Crippen molar-refractivity contribution in [3.63, 3.8) is 0 Å². The Hall–Kier alpha value is -3.26. The van der Waals surface area contributed by atoms with Gasteiger partial charge in [-0.2, -0.15) is 0 Å². The summed E-state index contributed by atoms with van der Waals surface area (Å²) in [6.45, 7) is 4.40. The molecular weight excluding hydrogens is 464 g/mol. The van der Waals surface area contributed by atoms with Gasteiger partial charge in [-0.25, -0.2) is 0 Å². The van der Waals surface area contributed by atoms with Crippen molar-refractivity contribution in [1.82, 2.24) is 26.6 Å². The molecule has 0 bridgehead atoms. The molecule has 0 saturated heterocycles. The summed E-state index contributed by atoms with van der Waals surface area (Å²) in [5.74, 6) is -4.68. The molecular formula is C21H38N6O8. The third-order valence-electron chi connectivity index (χ3n) is 4.67. The second-order valence-corrected chi connectivity index (χ2v) is 8.40. The van der Waals surface area contributed by atoms with Crippen LogP contribution in [0.1, 0.15) is 46.5 Å². The van der Waals surface area contributed by atoms with Gasteiger partial charge in [-0.1, -0.05) is 20.8 Å². The van der Waals surface area contributed by atoms with E-state index in [1.165, 1.54) is 0 Å². The van der Waals surface area contributed by atoms with E-state index >= 15 is 0 Å². The van der Waals surface area contributed by atoms with Crippen molar-refractivity contribution >= 4 is 35.5 Å². The van der Waals surface area contributed by atoms with Crippen molar-refractivity contribution in [2.24, 2.45) is 11.7 Å². The van der Waals surface area contributed by atoms with Gasteiger partial charge in [0.15, 0.2) is 0 Å². The topological polar surface area (TPSA) is 229 Å². The number of carboxylic acid groups (broad SMARTS) is 1. The minimum absolute atomic E-state index is 0.0307. The van der Waals surface area contributed by atoms with Crippen LogP contribution in [-0.4, -0.2) is 90.1 Å². The molecule has 0 aliphatic rings. The lowest BCUT2D eigenvalue weighted by molar-refractivity contribution is -0.138. The zero-order valence-corrected chi connectivity index (χ0v) is 20.4. The lowest BCUT2D eigenvalue weighted by atomic mass is 10.0. The number of aliphatic hydroxyl groups excluding tert-OH is 1. The molecule has 3 atom stereocenters. The van der Waals surface area contributed by atoms with Gasteiger partial charge in [-0.15, -0.1) is 0 Å². The minimum Gasteiger partial charge on any atom is -0.480 e. The van der Waals surface area contributed by atoms with Crippen molar-refractivity contribution in [2.75, 3.05) is 26.2 Å². The average Bonchev–Trinajstić information content (AvgIpc) is 2.77. The lowest BCUT2D eigenvalue weighted by Crippen LogP contribution is -2.55. The van der Waals surface area contributed by atoms with Gasteiger partial charge in [0.2, 0.25) is 29.5 Å². The zero-order valence-electron chi connectivity index (χ0n) is 20.4. The SMILES string of the molecule is CC[C@H](O)CNCC(=O)NCC(=O)N[C@@H](CCC(N)=O)C(=O)N[C@@H](CC(C)C)C(=O)NCC(=O)O. The van der Waals surface area contributed by atoms with Gasteiger partial charge in [0.25, 0.3) is 0 Å². The molecule has 0 spiro atoms. The Morgan fingerprint density at radius 1 is 0.857 bits per heavy atom. The number of rotatable bonds is 18. The highest BCUT2D eigenvalue weighted by molar-refractivity contribution is 5.94. The predicted octanol–water partition coefficient (Wildman–Crippen LogP) is -3.05. The molecule has 0 unspecified atom stereocenters. The Kier molecular flexibility index (Phi) is 15.6. The first kappa shape index (κ1) is 31.7. The molecule has 0 aromatic heterocycles. The number of hydrogen-bond acceptors (Lipinski definition) is 8. The van der Waals surface area contributed by atoms with Crippen LogP contribution in [0.4, 0.5) is 0 Å². The smallest absolute Gasteiger partial charge is 0.322 e.